The number of carbonyl (C=O) groups excluding carboxylic acids is 1. The van der Waals surface area contributed by atoms with Gasteiger partial charge in [-0.05, 0) is 43.2 Å². The maximum absolute atomic E-state index is 12.2. The molecule has 1 atom stereocenters. The summed E-state index contributed by atoms with van der Waals surface area (Å²) in [6.45, 7) is 6.48. The molecule has 132 valence electrons. The van der Waals surface area contributed by atoms with Crippen molar-refractivity contribution in [3.8, 4) is 0 Å². The Bertz CT molecular complexity index is 737. The summed E-state index contributed by atoms with van der Waals surface area (Å²) in [7, 11) is 0. The van der Waals surface area contributed by atoms with Gasteiger partial charge in [0.25, 0.3) is 0 Å². The van der Waals surface area contributed by atoms with Crippen molar-refractivity contribution in [2.45, 2.75) is 18.9 Å². The number of carbonyl (C=O) groups is 1. The molecule has 0 aliphatic heterocycles. The molecule has 0 radical (unpaired) electrons. The lowest BCUT2D eigenvalue weighted by Gasteiger charge is -2.30. The Balaban J connectivity index is 2.09. The summed E-state index contributed by atoms with van der Waals surface area (Å²) in [5.41, 5.74) is 0.928. The monoisotopic (exact) mass is 378 g/mol. The topological polar surface area (TPSA) is 51.2 Å². The largest absolute Gasteiger partial charge is 0.460 e. The molecule has 0 aliphatic rings. The molecule has 4 nitrogen and oxygen atoms in total. The molecule has 1 unspecified atom stereocenters. The third-order valence-electron chi connectivity index (χ3n) is 3.67. The first-order valence-electron chi connectivity index (χ1n) is 7.80. The number of halogens is 2. The van der Waals surface area contributed by atoms with Crippen molar-refractivity contribution in [1.29, 1.82) is 0 Å². The molecule has 1 aromatic heterocycles. The van der Waals surface area contributed by atoms with Crippen LogP contribution >= 0.6 is 23.2 Å². The number of nitrogens with zero attached hydrogens (tertiary/aromatic N) is 1. The predicted octanol–water partition coefficient (Wildman–Crippen LogP) is 4.32. The zero-order valence-electron chi connectivity index (χ0n) is 14.0. The van der Waals surface area contributed by atoms with Gasteiger partial charge in [-0.15, -0.1) is 6.58 Å². The van der Waals surface area contributed by atoms with Crippen LogP contribution in [0.15, 0.2) is 55.4 Å². The lowest BCUT2D eigenvalue weighted by molar-refractivity contribution is 0.0385. The molecule has 1 N–H and O–H groups in total. The molecule has 0 fully saturated rings. The minimum absolute atomic E-state index is 0.189. The van der Waals surface area contributed by atoms with Crippen LogP contribution in [0.5, 0.6) is 0 Å². The molecule has 0 saturated heterocycles. The standard InChI is InChI=1S/C19H20Cl2N2O2/c1-3-8-23-19(2,11-14-6-7-16(20)17(21)10-14)13-25-18(24)15-5-4-9-22-12-15/h3-7,9-10,12,23H,1,8,11,13H2,2H3. The van der Waals surface area contributed by atoms with E-state index >= 15 is 0 Å². The van der Waals surface area contributed by atoms with Gasteiger partial charge in [-0.2, -0.15) is 0 Å². The summed E-state index contributed by atoms with van der Waals surface area (Å²) >= 11 is 12.1. The van der Waals surface area contributed by atoms with Crippen molar-refractivity contribution in [2.75, 3.05) is 13.2 Å². The molecular weight excluding hydrogens is 359 g/mol. The smallest absolute Gasteiger partial charge is 0.339 e. The van der Waals surface area contributed by atoms with Crippen molar-refractivity contribution in [2.24, 2.45) is 0 Å². The number of ether oxygens (including phenoxy) is 1. The van der Waals surface area contributed by atoms with Crippen LogP contribution in [0.3, 0.4) is 0 Å². The van der Waals surface area contributed by atoms with Gasteiger partial charge >= 0.3 is 5.97 Å². The van der Waals surface area contributed by atoms with Gasteiger partial charge in [0, 0.05) is 18.9 Å². The van der Waals surface area contributed by atoms with E-state index in [0.717, 1.165) is 5.56 Å². The van der Waals surface area contributed by atoms with Gasteiger partial charge in [0.1, 0.15) is 6.61 Å². The van der Waals surface area contributed by atoms with E-state index in [2.05, 4.69) is 16.9 Å². The number of benzene rings is 1. The van der Waals surface area contributed by atoms with Gasteiger partial charge in [0.05, 0.1) is 21.1 Å². The predicted molar refractivity (Wildman–Crippen MR) is 101 cm³/mol. The lowest BCUT2D eigenvalue weighted by Crippen LogP contribution is -2.49. The Morgan fingerprint density at radius 1 is 1.36 bits per heavy atom. The number of rotatable bonds is 8. The summed E-state index contributed by atoms with van der Waals surface area (Å²) in [5.74, 6) is -0.408. The van der Waals surface area contributed by atoms with Crippen LogP contribution in [-0.2, 0) is 11.2 Å². The Kier molecular flexibility index (Phi) is 7.00. The van der Waals surface area contributed by atoms with Crippen LogP contribution in [0.2, 0.25) is 10.0 Å². The number of pyridine rings is 1. The molecule has 0 bridgehead atoms. The summed E-state index contributed by atoms with van der Waals surface area (Å²) in [6.07, 6.45) is 5.46. The molecule has 0 amide bonds. The third kappa shape index (κ3) is 5.85. The average molecular weight is 379 g/mol. The van der Waals surface area contributed by atoms with Crippen LogP contribution in [0.1, 0.15) is 22.8 Å². The van der Waals surface area contributed by atoms with Crippen LogP contribution < -0.4 is 5.32 Å². The fourth-order valence-corrected chi connectivity index (χ4v) is 2.70. The van der Waals surface area contributed by atoms with E-state index in [-0.39, 0.29) is 6.61 Å². The number of hydrogen-bond donors (Lipinski definition) is 1. The van der Waals surface area contributed by atoms with Crippen molar-refractivity contribution >= 4 is 29.2 Å². The number of nitrogens with one attached hydrogen (secondary N) is 1. The van der Waals surface area contributed by atoms with Crippen LogP contribution in [0.4, 0.5) is 0 Å². The minimum Gasteiger partial charge on any atom is -0.460 e. The molecule has 6 heteroatoms. The summed E-state index contributed by atoms with van der Waals surface area (Å²) in [4.78, 5) is 16.1. The van der Waals surface area contributed by atoms with Gasteiger partial charge in [-0.3, -0.25) is 4.98 Å². The number of aromatic nitrogens is 1. The van der Waals surface area contributed by atoms with E-state index in [1.807, 2.05) is 19.1 Å². The highest BCUT2D eigenvalue weighted by atomic mass is 35.5. The van der Waals surface area contributed by atoms with E-state index in [4.69, 9.17) is 27.9 Å². The SMILES string of the molecule is C=CCNC(C)(COC(=O)c1cccnc1)Cc1ccc(Cl)c(Cl)c1. The van der Waals surface area contributed by atoms with Gasteiger partial charge < -0.3 is 10.1 Å². The van der Waals surface area contributed by atoms with Crippen molar-refractivity contribution in [3.63, 3.8) is 0 Å². The average Bonchev–Trinajstić information content (AvgIpc) is 2.62. The Labute approximate surface area is 157 Å². The fourth-order valence-electron chi connectivity index (χ4n) is 2.37. The second kappa shape index (κ2) is 8.99. The molecule has 25 heavy (non-hydrogen) atoms. The van der Waals surface area contributed by atoms with Crippen molar-refractivity contribution < 1.29 is 9.53 Å². The van der Waals surface area contributed by atoms with Gasteiger partial charge in [-0.1, -0.05) is 35.3 Å². The second-order valence-electron chi connectivity index (χ2n) is 5.97. The highest BCUT2D eigenvalue weighted by Crippen LogP contribution is 2.25. The zero-order valence-corrected chi connectivity index (χ0v) is 15.5. The van der Waals surface area contributed by atoms with E-state index in [1.165, 1.54) is 6.20 Å². The van der Waals surface area contributed by atoms with E-state index < -0.39 is 11.5 Å². The first-order chi connectivity index (χ1) is 11.9. The molecule has 0 aliphatic carbocycles. The molecule has 1 heterocycles. The second-order valence-corrected chi connectivity index (χ2v) is 6.79. The molecule has 0 spiro atoms. The Morgan fingerprint density at radius 2 is 2.16 bits per heavy atom. The summed E-state index contributed by atoms with van der Waals surface area (Å²) in [6, 6.07) is 8.85. The molecule has 2 aromatic rings. The summed E-state index contributed by atoms with van der Waals surface area (Å²) < 4.78 is 5.48. The van der Waals surface area contributed by atoms with Crippen LogP contribution in [0.25, 0.3) is 0 Å². The van der Waals surface area contributed by atoms with Crippen molar-refractivity contribution in [3.05, 3.63) is 76.6 Å². The molecular formula is C19H20Cl2N2O2. The van der Waals surface area contributed by atoms with E-state index in [1.54, 1.807) is 30.5 Å². The highest BCUT2D eigenvalue weighted by molar-refractivity contribution is 6.42. The molecule has 0 saturated carbocycles. The van der Waals surface area contributed by atoms with Gasteiger partial charge in [0.2, 0.25) is 0 Å². The minimum atomic E-state index is -0.483. The number of hydrogen-bond acceptors (Lipinski definition) is 4. The maximum Gasteiger partial charge on any atom is 0.339 e. The number of esters is 1. The van der Waals surface area contributed by atoms with E-state index in [9.17, 15) is 4.79 Å². The van der Waals surface area contributed by atoms with Gasteiger partial charge in [-0.25, -0.2) is 4.79 Å². The van der Waals surface area contributed by atoms with Crippen LogP contribution in [-0.4, -0.2) is 29.6 Å². The first-order valence-corrected chi connectivity index (χ1v) is 8.56. The maximum atomic E-state index is 12.2. The lowest BCUT2D eigenvalue weighted by atomic mass is 9.93. The highest BCUT2D eigenvalue weighted by Gasteiger charge is 2.26. The fraction of sp³-hybridized carbons (Fsp3) is 0.263. The quantitative estimate of drug-likeness (QED) is 0.548. The summed E-state index contributed by atoms with van der Waals surface area (Å²) in [5, 5.41) is 4.35. The molecule has 1 aromatic carbocycles. The Hall–Kier alpha value is -1.88. The zero-order chi connectivity index (χ0) is 18.3. The van der Waals surface area contributed by atoms with Gasteiger partial charge in [0.15, 0.2) is 0 Å². The third-order valence-corrected chi connectivity index (χ3v) is 4.41. The van der Waals surface area contributed by atoms with E-state index in [0.29, 0.717) is 28.6 Å². The normalized spacial score (nSPS) is 13.1. The van der Waals surface area contributed by atoms with Crippen molar-refractivity contribution in [1.82, 2.24) is 10.3 Å². The van der Waals surface area contributed by atoms with Crippen LogP contribution in [0, 0.1) is 0 Å². The Morgan fingerprint density at radius 3 is 2.80 bits per heavy atom. The molecule has 2 rings (SSSR count). The first kappa shape index (κ1) is 19.4.